The van der Waals surface area contributed by atoms with Gasteiger partial charge in [0.2, 0.25) is 0 Å². The van der Waals surface area contributed by atoms with E-state index in [2.05, 4.69) is 51.4 Å². The van der Waals surface area contributed by atoms with E-state index in [-0.39, 0.29) is 6.04 Å². The molecule has 0 spiro atoms. The predicted octanol–water partition coefficient (Wildman–Crippen LogP) is 3.90. The standard InChI is InChI=1S/C23H22N6O2/c1-15-7-8-18(29-24-10-11-25-29)20(14-15)28-12-3-6-19(28)22-26-23(31-27-22)17-5-2-4-16-9-13-30-21(16)17/h2,4-5,7-8,10-11,14,19H,3,6,9,12-13H2,1H3/t19-/m0/s1. The third-order valence-corrected chi connectivity index (χ3v) is 6.01. The van der Waals surface area contributed by atoms with Crippen LogP contribution in [0.2, 0.25) is 0 Å². The first kappa shape index (κ1) is 18.1. The van der Waals surface area contributed by atoms with Gasteiger partial charge in [0.05, 0.1) is 36.3 Å². The number of benzene rings is 2. The van der Waals surface area contributed by atoms with E-state index in [0.29, 0.717) is 18.3 Å². The molecule has 0 unspecified atom stereocenters. The summed E-state index contributed by atoms with van der Waals surface area (Å²) >= 11 is 0. The fraction of sp³-hybridized carbons (Fsp3) is 0.304. The first-order valence-corrected chi connectivity index (χ1v) is 10.6. The molecule has 1 saturated heterocycles. The van der Waals surface area contributed by atoms with Crippen LogP contribution >= 0.6 is 0 Å². The molecule has 0 saturated carbocycles. The number of fused-ring (bicyclic) bond motifs is 1. The zero-order valence-corrected chi connectivity index (χ0v) is 17.2. The van der Waals surface area contributed by atoms with Crippen molar-refractivity contribution in [1.82, 2.24) is 25.1 Å². The molecule has 1 fully saturated rings. The number of para-hydroxylation sites is 1. The van der Waals surface area contributed by atoms with Crippen molar-refractivity contribution in [2.24, 2.45) is 0 Å². The van der Waals surface area contributed by atoms with E-state index < -0.39 is 0 Å². The third-order valence-electron chi connectivity index (χ3n) is 6.01. The molecule has 31 heavy (non-hydrogen) atoms. The van der Waals surface area contributed by atoms with E-state index in [1.807, 2.05) is 12.1 Å². The Morgan fingerprint density at radius 2 is 1.97 bits per heavy atom. The van der Waals surface area contributed by atoms with Crippen LogP contribution in [0.15, 0.2) is 53.3 Å². The average Bonchev–Trinajstić information content (AvgIpc) is 3.59. The number of aromatic nitrogens is 5. The second kappa shape index (κ2) is 7.23. The minimum absolute atomic E-state index is 0.0336. The first-order chi connectivity index (χ1) is 15.3. The van der Waals surface area contributed by atoms with Gasteiger partial charge in [-0.25, -0.2) is 0 Å². The molecule has 8 nitrogen and oxygen atoms in total. The number of anilines is 1. The van der Waals surface area contributed by atoms with Crippen LogP contribution in [-0.4, -0.2) is 38.3 Å². The maximum atomic E-state index is 5.82. The Morgan fingerprint density at radius 1 is 1.06 bits per heavy atom. The molecule has 0 bridgehead atoms. The highest BCUT2D eigenvalue weighted by atomic mass is 16.5. The lowest BCUT2D eigenvalue weighted by Crippen LogP contribution is -2.25. The molecule has 2 aliphatic rings. The summed E-state index contributed by atoms with van der Waals surface area (Å²) < 4.78 is 11.5. The topological polar surface area (TPSA) is 82.1 Å². The maximum Gasteiger partial charge on any atom is 0.261 e. The minimum atomic E-state index is 0.0336. The molecule has 2 aromatic heterocycles. The molecule has 2 aliphatic heterocycles. The Kier molecular flexibility index (Phi) is 4.22. The predicted molar refractivity (Wildman–Crippen MR) is 114 cm³/mol. The van der Waals surface area contributed by atoms with Crippen LogP contribution in [-0.2, 0) is 6.42 Å². The van der Waals surface area contributed by atoms with Crippen molar-refractivity contribution in [2.45, 2.75) is 32.2 Å². The Morgan fingerprint density at radius 3 is 2.87 bits per heavy atom. The highest BCUT2D eigenvalue weighted by molar-refractivity contribution is 5.67. The van der Waals surface area contributed by atoms with Gasteiger partial charge in [-0.3, -0.25) is 0 Å². The van der Waals surface area contributed by atoms with E-state index in [4.69, 9.17) is 14.2 Å². The number of nitrogens with zero attached hydrogens (tertiary/aromatic N) is 6. The molecule has 0 aliphatic carbocycles. The summed E-state index contributed by atoms with van der Waals surface area (Å²) in [4.78, 5) is 8.80. The van der Waals surface area contributed by atoms with Gasteiger partial charge >= 0.3 is 0 Å². The number of ether oxygens (including phenoxy) is 1. The van der Waals surface area contributed by atoms with Crippen molar-refractivity contribution < 1.29 is 9.26 Å². The fourth-order valence-corrected chi connectivity index (χ4v) is 4.56. The normalized spacial score (nSPS) is 17.7. The SMILES string of the molecule is Cc1ccc(-n2nccn2)c(N2CCC[C@H]2c2noc(-c3cccc4c3OCC4)n2)c1. The number of hydrogen-bond acceptors (Lipinski definition) is 7. The van der Waals surface area contributed by atoms with Gasteiger partial charge in [-0.05, 0) is 49.1 Å². The summed E-state index contributed by atoms with van der Waals surface area (Å²) in [5.74, 6) is 2.08. The quantitative estimate of drug-likeness (QED) is 0.501. The largest absolute Gasteiger partial charge is 0.492 e. The Labute approximate surface area is 179 Å². The lowest BCUT2D eigenvalue weighted by Gasteiger charge is -2.26. The highest BCUT2D eigenvalue weighted by Crippen LogP contribution is 2.40. The van der Waals surface area contributed by atoms with Crippen LogP contribution in [0.3, 0.4) is 0 Å². The van der Waals surface area contributed by atoms with Crippen molar-refractivity contribution >= 4 is 5.69 Å². The highest BCUT2D eigenvalue weighted by Gasteiger charge is 2.33. The second-order valence-electron chi connectivity index (χ2n) is 8.01. The van der Waals surface area contributed by atoms with Gasteiger partial charge in [-0.15, -0.1) is 4.80 Å². The van der Waals surface area contributed by atoms with Crippen molar-refractivity contribution in [3.63, 3.8) is 0 Å². The molecule has 6 rings (SSSR count). The Bertz CT molecular complexity index is 1230. The summed E-state index contributed by atoms with van der Waals surface area (Å²) in [5.41, 5.74) is 5.27. The molecule has 8 heteroatoms. The van der Waals surface area contributed by atoms with E-state index in [1.54, 1.807) is 17.2 Å². The molecule has 2 aromatic carbocycles. The molecule has 0 N–H and O–H groups in total. The summed E-state index contributed by atoms with van der Waals surface area (Å²) in [6.45, 7) is 3.70. The zero-order valence-electron chi connectivity index (χ0n) is 17.2. The monoisotopic (exact) mass is 414 g/mol. The molecule has 156 valence electrons. The first-order valence-electron chi connectivity index (χ1n) is 10.6. The molecular weight excluding hydrogens is 392 g/mol. The molecular formula is C23H22N6O2. The van der Waals surface area contributed by atoms with Gasteiger partial charge in [0.1, 0.15) is 11.4 Å². The lowest BCUT2D eigenvalue weighted by molar-refractivity contribution is 0.355. The average molecular weight is 414 g/mol. The van der Waals surface area contributed by atoms with Gasteiger partial charge in [0, 0.05) is 13.0 Å². The number of aryl methyl sites for hydroxylation is 1. The molecule has 0 amide bonds. The van der Waals surface area contributed by atoms with Crippen molar-refractivity contribution in [3.05, 3.63) is 65.7 Å². The van der Waals surface area contributed by atoms with Crippen molar-refractivity contribution in [1.29, 1.82) is 0 Å². The smallest absolute Gasteiger partial charge is 0.261 e. The van der Waals surface area contributed by atoms with Gasteiger partial charge < -0.3 is 14.2 Å². The number of rotatable bonds is 4. The van der Waals surface area contributed by atoms with Gasteiger partial charge in [-0.1, -0.05) is 23.4 Å². The zero-order chi connectivity index (χ0) is 20.8. The molecule has 4 aromatic rings. The lowest BCUT2D eigenvalue weighted by atomic mass is 10.1. The van der Waals surface area contributed by atoms with Crippen LogP contribution in [0.25, 0.3) is 17.1 Å². The summed E-state index contributed by atoms with van der Waals surface area (Å²) in [7, 11) is 0. The van der Waals surface area contributed by atoms with Crippen molar-refractivity contribution in [2.75, 3.05) is 18.1 Å². The third kappa shape index (κ3) is 3.06. The van der Waals surface area contributed by atoms with Crippen LogP contribution in [0.4, 0.5) is 5.69 Å². The number of hydrogen-bond donors (Lipinski definition) is 0. The van der Waals surface area contributed by atoms with E-state index in [9.17, 15) is 0 Å². The summed E-state index contributed by atoms with van der Waals surface area (Å²) in [6, 6.07) is 12.4. The van der Waals surface area contributed by atoms with Crippen LogP contribution < -0.4 is 9.64 Å². The van der Waals surface area contributed by atoms with Gasteiger partial charge in [0.15, 0.2) is 5.82 Å². The Balaban J connectivity index is 1.37. The Hall–Kier alpha value is -3.68. The molecule has 0 radical (unpaired) electrons. The summed E-state index contributed by atoms with van der Waals surface area (Å²) in [5, 5.41) is 13.0. The fourth-order valence-electron chi connectivity index (χ4n) is 4.56. The van der Waals surface area contributed by atoms with E-state index >= 15 is 0 Å². The van der Waals surface area contributed by atoms with Crippen LogP contribution in [0.1, 0.15) is 35.8 Å². The second-order valence-corrected chi connectivity index (χ2v) is 8.01. The molecule has 4 heterocycles. The van der Waals surface area contributed by atoms with E-state index in [1.165, 1.54) is 11.1 Å². The maximum absolute atomic E-state index is 5.82. The minimum Gasteiger partial charge on any atom is -0.492 e. The van der Waals surface area contributed by atoms with Gasteiger partial charge in [0.25, 0.3) is 5.89 Å². The van der Waals surface area contributed by atoms with Crippen LogP contribution in [0, 0.1) is 6.92 Å². The summed E-state index contributed by atoms with van der Waals surface area (Å²) in [6.07, 6.45) is 6.31. The van der Waals surface area contributed by atoms with Crippen LogP contribution in [0.5, 0.6) is 5.75 Å². The van der Waals surface area contributed by atoms with Crippen molar-refractivity contribution in [3.8, 4) is 22.9 Å². The van der Waals surface area contributed by atoms with Gasteiger partial charge in [-0.2, -0.15) is 15.2 Å². The molecule has 1 atom stereocenters. The van der Waals surface area contributed by atoms with E-state index in [0.717, 1.165) is 48.5 Å².